The van der Waals surface area contributed by atoms with Crippen molar-refractivity contribution >= 4 is 8.56 Å². The number of nitrogens with two attached hydrogens (primary N) is 1. The standard InChI is InChI=1S/C17H35NO3Si/c1-5-12-17(19-2)16(18,15-10-7-6-8-11-15)13-9-14-22(17,20-3)21-4/h15H,5-14,18H2,1-4H3. The van der Waals surface area contributed by atoms with Gasteiger partial charge >= 0.3 is 8.56 Å². The van der Waals surface area contributed by atoms with Crippen molar-refractivity contribution in [1.29, 1.82) is 0 Å². The molecule has 2 atom stereocenters. The molecule has 0 radical (unpaired) electrons. The second-order valence-electron chi connectivity index (χ2n) is 7.17. The minimum absolute atomic E-state index is 0.311. The molecule has 2 N–H and O–H groups in total. The van der Waals surface area contributed by atoms with Crippen LogP contribution >= 0.6 is 0 Å². The highest BCUT2D eigenvalue weighted by molar-refractivity contribution is 6.71. The van der Waals surface area contributed by atoms with Crippen LogP contribution in [0, 0.1) is 5.92 Å². The Kier molecular flexibility index (Phi) is 6.11. The molecule has 0 aromatic carbocycles. The third-order valence-electron chi connectivity index (χ3n) is 6.41. The average Bonchev–Trinajstić information content (AvgIpc) is 2.57. The summed E-state index contributed by atoms with van der Waals surface area (Å²) < 4.78 is 18.4. The molecule has 0 bridgehead atoms. The van der Waals surface area contributed by atoms with Crippen LogP contribution in [0.1, 0.15) is 64.7 Å². The summed E-state index contributed by atoms with van der Waals surface area (Å²) in [5, 5.41) is -0.432. The van der Waals surface area contributed by atoms with Crippen molar-refractivity contribution in [2.24, 2.45) is 11.7 Å². The predicted molar refractivity (Wildman–Crippen MR) is 92.0 cm³/mol. The fourth-order valence-electron chi connectivity index (χ4n) is 5.36. The Hall–Kier alpha value is 0.0569. The van der Waals surface area contributed by atoms with Gasteiger partial charge in [0.15, 0.2) is 0 Å². The highest BCUT2D eigenvalue weighted by Crippen LogP contribution is 2.53. The maximum absolute atomic E-state index is 7.19. The van der Waals surface area contributed by atoms with Gasteiger partial charge in [0.25, 0.3) is 0 Å². The van der Waals surface area contributed by atoms with Gasteiger partial charge in [0.2, 0.25) is 0 Å². The molecular weight excluding hydrogens is 294 g/mol. The number of hydrogen-bond donors (Lipinski definition) is 1. The molecule has 1 aliphatic heterocycles. The molecule has 1 heterocycles. The molecule has 0 aromatic rings. The van der Waals surface area contributed by atoms with Crippen molar-refractivity contribution in [3.8, 4) is 0 Å². The Bertz CT molecular complexity index is 358. The first-order valence-corrected chi connectivity index (χ1v) is 11.0. The molecule has 1 aliphatic carbocycles. The van der Waals surface area contributed by atoms with Crippen molar-refractivity contribution in [3.05, 3.63) is 0 Å². The van der Waals surface area contributed by atoms with Gasteiger partial charge in [-0.15, -0.1) is 0 Å². The molecule has 5 heteroatoms. The Morgan fingerprint density at radius 2 is 1.68 bits per heavy atom. The summed E-state index contributed by atoms with van der Waals surface area (Å²) in [6.45, 7) is 2.21. The van der Waals surface area contributed by atoms with Crippen LogP contribution in [0.5, 0.6) is 0 Å². The van der Waals surface area contributed by atoms with Gasteiger partial charge in [0, 0.05) is 26.9 Å². The molecule has 2 unspecified atom stereocenters. The summed E-state index contributed by atoms with van der Waals surface area (Å²) in [6.07, 6.45) is 10.5. The van der Waals surface area contributed by atoms with Crippen LogP contribution in [0.15, 0.2) is 0 Å². The Balaban J connectivity index is 2.48. The van der Waals surface area contributed by atoms with E-state index in [1.807, 2.05) is 7.11 Å². The summed E-state index contributed by atoms with van der Waals surface area (Å²) in [4.78, 5) is 0. The highest BCUT2D eigenvalue weighted by Gasteiger charge is 2.69. The van der Waals surface area contributed by atoms with Gasteiger partial charge in [-0.1, -0.05) is 32.6 Å². The third-order valence-corrected chi connectivity index (χ3v) is 10.9. The second kappa shape index (κ2) is 7.30. The van der Waals surface area contributed by atoms with E-state index in [9.17, 15) is 0 Å². The van der Waals surface area contributed by atoms with E-state index in [1.165, 1.54) is 32.1 Å². The molecule has 1 saturated heterocycles. The lowest BCUT2D eigenvalue weighted by Crippen LogP contribution is -2.80. The minimum atomic E-state index is -2.50. The normalized spacial score (nSPS) is 36.4. The quantitative estimate of drug-likeness (QED) is 0.758. The second-order valence-corrected chi connectivity index (χ2v) is 10.8. The first-order valence-electron chi connectivity index (χ1n) is 9.00. The van der Waals surface area contributed by atoms with Gasteiger partial charge in [-0.25, -0.2) is 0 Å². The van der Waals surface area contributed by atoms with Crippen molar-refractivity contribution < 1.29 is 13.6 Å². The van der Waals surface area contributed by atoms with Gasteiger partial charge in [0.1, 0.15) is 5.22 Å². The molecular formula is C17H35NO3Si. The molecule has 22 heavy (non-hydrogen) atoms. The van der Waals surface area contributed by atoms with E-state index < -0.39 is 13.8 Å². The fraction of sp³-hybridized carbons (Fsp3) is 1.00. The summed E-state index contributed by atoms with van der Waals surface area (Å²) >= 11 is 0. The Morgan fingerprint density at radius 1 is 1.05 bits per heavy atom. The lowest BCUT2D eigenvalue weighted by atomic mass is 9.68. The summed E-state index contributed by atoms with van der Waals surface area (Å²) in [5.41, 5.74) is 6.88. The topological polar surface area (TPSA) is 53.7 Å². The summed E-state index contributed by atoms with van der Waals surface area (Å²) in [6, 6.07) is 0.986. The van der Waals surface area contributed by atoms with Crippen molar-refractivity contribution in [2.45, 2.75) is 81.5 Å². The molecule has 2 aliphatic rings. The SMILES string of the molecule is CCCC1(OC)C(N)(C2CCCCC2)CCC[Si]1(OC)OC. The van der Waals surface area contributed by atoms with Crippen LogP contribution in [0.3, 0.4) is 0 Å². The number of rotatable bonds is 6. The van der Waals surface area contributed by atoms with Gasteiger partial charge in [-0.2, -0.15) is 0 Å². The molecule has 0 aromatic heterocycles. The lowest BCUT2D eigenvalue weighted by molar-refractivity contribution is -0.0922. The lowest BCUT2D eigenvalue weighted by Gasteiger charge is -2.60. The summed E-state index contributed by atoms with van der Waals surface area (Å²) in [7, 11) is 2.92. The molecule has 4 nitrogen and oxygen atoms in total. The molecule has 0 amide bonds. The monoisotopic (exact) mass is 329 g/mol. The van der Waals surface area contributed by atoms with E-state index in [-0.39, 0.29) is 5.54 Å². The van der Waals surface area contributed by atoms with Gasteiger partial charge in [-0.05, 0) is 44.1 Å². The van der Waals surface area contributed by atoms with Crippen molar-refractivity contribution in [2.75, 3.05) is 21.3 Å². The van der Waals surface area contributed by atoms with Crippen LogP contribution in [0.2, 0.25) is 6.04 Å². The number of hydrogen-bond acceptors (Lipinski definition) is 4. The zero-order valence-corrected chi connectivity index (χ0v) is 16.0. The number of ether oxygens (including phenoxy) is 1. The van der Waals surface area contributed by atoms with Gasteiger partial charge in [-0.3, -0.25) is 0 Å². The smallest absolute Gasteiger partial charge is 0.372 e. The van der Waals surface area contributed by atoms with E-state index >= 15 is 0 Å². The van der Waals surface area contributed by atoms with Gasteiger partial charge < -0.3 is 19.3 Å². The molecule has 130 valence electrons. The zero-order valence-electron chi connectivity index (χ0n) is 15.0. The third kappa shape index (κ3) is 2.59. The largest absolute Gasteiger partial charge is 0.396 e. The van der Waals surface area contributed by atoms with Crippen LogP contribution < -0.4 is 5.73 Å². The molecule has 0 spiro atoms. The first kappa shape index (κ1) is 18.4. The van der Waals surface area contributed by atoms with E-state index in [0.717, 1.165) is 31.7 Å². The maximum Gasteiger partial charge on any atom is 0.372 e. The molecule has 2 fully saturated rings. The first-order chi connectivity index (χ1) is 10.6. The Morgan fingerprint density at radius 3 is 2.18 bits per heavy atom. The zero-order chi connectivity index (χ0) is 16.3. The van der Waals surface area contributed by atoms with Crippen LogP contribution in [0.25, 0.3) is 0 Å². The molecule has 1 saturated carbocycles. The number of methoxy groups -OCH3 is 1. The van der Waals surface area contributed by atoms with Crippen molar-refractivity contribution in [3.63, 3.8) is 0 Å². The predicted octanol–water partition coefficient (Wildman–Crippen LogP) is 3.52. The van der Waals surface area contributed by atoms with E-state index in [1.54, 1.807) is 14.2 Å². The summed E-state index contributed by atoms with van der Waals surface area (Å²) in [5.74, 6) is 0.533. The fourth-order valence-corrected chi connectivity index (χ4v) is 9.62. The molecule has 2 rings (SSSR count). The van der Waals surface area contributed by atoms with Crippen molar-refractivity contribution in [1.82, 2.24) is 0 Å². The highest BCUT2D eigenvalue weighted by atomic mass is 28.4. The van der Waals surface area contributed by atoms with E-state index in [4.69, 9.17) is 19.3 Å². The average molecular weight is 330 g/mol. The Labute approximate surface area is 137 Å². The van der Waals surface area contributed by atoms with E-state index in [0.29, 0.717) is 5.92 Å². The van der Waals surface area contributed by atoms with Crippen LogP contribution in [0.4, 0.5) is 0 Å². The van der Waals surface area contributed by atoms with Crippen LogP contribution in [-0.2, 0) is 13.6 Å². The van der Waals surface area contributed by atoms with Gasteiger partial charge in [0.05, 0.1) is 0 Å². The van der Waals surface area contributed by atoms with E-state index in [2.05, 4.69) is 6.92 Å². The maximum atomic E-state index is 7.19. The van der Waals surface area contributed by atoms with Crippen LogP contribution in [-0.4, -0.2) is 40.7 Å². The minimum Gasteiger partial charge on any atom is -0.396 e.